The molecule has 3 aliphatic heterocycles. The molecule has 9 nitrogen and oxygen atoms in total. The van der Waals surface area contributed by atoms with E-state index in [9.17, 15) is 23.2 Å². The summed E-state index contributed by atoms with van der Waals surface area (Å²) in [6.07, 6.45) is 2.81. The van der Waals surface area contributed by atoms with E-state index in [4.69, 9.17) is 5.10 Å². The van der Waals surface area contributed by atoms with Gasteiger partial charge in [0.1, 0.15) is 11.6 Å². The minimum absolute atomic E-state index is 0.0888. The Kier molecular flexibility index (Phi) is 9.78. The number of thioether (sulfide) groups is 1. The molecule has 0 saturated carbocycles. The number of unbranched alkanes of at least 4 members (excludes halogenated alkanes) is 1. The molecular formula is C33H35F3N6O3S2. The van der Waals surface area contributed by atoms with E-state index in [-0.39, 0.29) is 42.8 Å². The number of halogens is 3. The molecular weight excluding hydrogens is 650 g/mol. The molecule has 0 spiro atoms. The number of nitrogens with one attached hydrogen (secondary N) is 4. The Bertz CT molecular complexity index is 1660. The molecule has 6 rings (SSSR count). The van der Waals surface area contributed by atoms with Crippen LogP contribution in [0.15, 0.2) is 65.1 Å². The summed E-state index contributed by atoms with van der Waals surface area (Å²) in [4.78, 5) is 39.0. The number of anilines is 1. The van der Waals surface area contributed by atoms with Gasteiger partial charge in [-0.05, 0) is 61.0 Å². The summed E-state index contributed by atoms with van der Waals surface area (Å²) in [7, 11) is 0. The summed E-state index contributed by atoms with van der Waals surface area (Å²) in [5, 5.41) is 19.8. The Morgan fingerprint density at radius 2 is 1.79 bits per heavy atom. The maximum absolute atomic E-state index is 15.2. The van der Waals surface area contributed by atoms with Crippen LogP contribution >= 0.6 is 23.1 Å². The molecule has 2 fully saturated rings. The van der Waals surface area contributed by atoms with Gasteiger partial charge in [-0.15, -0.1) is 11.3 Å². The molecule has 0 radical (unpaired) electrons. The van der Waals surface area contributed by atoms with Crippen LogP contribution < -0.4 is 26.3 Å². The number of carbonyl (C=O) groups excluding carboxylic acids is 3. The lowest BCUT2D eigenvalue weighted by Gasteiger charge is -2.37. The van der Waals surface area contributed by atoms with Crippen LogP contribution in [0.2, 0.25) is 0 Å². The number of hydrogen-bond acceptors (Lipinski definition) is 7. The zero-order valence-electron chi connectivity index (χ0n) is 25.6. The Morgan fingerprint density at radius 3 is 2.53 bits per heavy atom. The number of urea groups is 1. The van der Waals surface area contributed by atoms with Crippen molar-refractivity contribution < 1.29 is 27.6 Å². The van der Waals surface area contributed by atoms with Gasteiger partial charge in [0.2, 0.25) is 11.8 Å². The molecule has 47 heavy (non-hydrogen) atoms. The topological polar surface area (TPSA) is 115 Å². The molecule has 1 aromatic heterocycles. The average molecular weight is 685 g/mol. The number of rotatable bonds is 12. The summed E-state index contributed by atoms with van der Waals surface area (Å²) >= 11 is 3.25. The monoisotopic (exact) mass is 684 g/mol. The van der Waals surface area contributed by atoms with Crippen molar-refractivity contribution in [3.8, 4) is 0 Å². The number of hydrogen-bond donors (Lipinski definition) is 4. The smallest absolute Gasteiger partial charge is 0.315 e. The highest BCUT2D eigenvalue weighted by Gasteiger charge is 2.55. The van der Waals surface area contributed by atoms with Crippen molar-refractivity contribution in [3.63, 3.8) is 0 Å². The highest BCUT2D eigenvalue weighted by atomic mass is 32.2. The molecule has 4 N–H and O–H groups in total. The van der Waals surface area contributed by atoms with E-state index in [1.54, 1.807) is 19.1 Å². The van der Waals surface area contributed by atoms with Gasteiger partial charge >= 0.3 is 6.03 Å². The second-order valence-electron chi connectivity index (χ2n) is 12.0. The first-order valence-electron chi connectivity index (χ1n) is 15.5. The van der Waals surface area contributed by atoms with Crippen LogP contribution in [0.3, 0.4) is 0 Å². The highest BCUT2D eigenvalue weighted by Crippen LogP contribution is 2.46. The van der Waals surface area contributed by atoms with Gasteiger partial charge in [0.15, 0.2) is 11.4 Å². The zero-order valence-corrected chi connectivity index (χ0v) is 27.2. The summed E-state index contributed by atoms with van der Waals surface area (Å²) in [5.41, 5.74) is -0.616. The maximum atomic E-state index is 15.2. The number of thiophene rings is 1. The lowest BCUT2D eigenvalue weighted by atomic mass is 9.78. The highest BCUT2D eigenvalue weighted by molar-refractivity contribution is 8.00. The molecule has 2 aromatic carbocycles. The molecule has 248 valence electrons. The van der Waals surface area contributed by atoms with Crippen molar-refractivity contribution in [3.05, 3.63) is 87.9 Å². The van der Waals surface area contributed by atoms with Crippen molar-refractivity contribution in [2.45, 2.75) is 61.4 Å². The van der Waals surface area contributed by atoms with Crippen LogP contribution in [0.1, 0.15) is 49.0 Å². The van der Waals surface area contributed by atoms with Crippen LogP contribution in [0.5, 0.6) is 0 Å². The molecule has 4 heterocycles. The van der Waals surface area contributed by atoms with Gasteiger partial charge in [0.05, 0.1) is 29.4 Å². The second kappa shape index (κ2) is 14.0. The fourth-order valence-corrected chi connectivity index (χ4v) is 8.97. The van der Waals surface area contributed by atoms with Gasteiger partial charge < -0.3 is 21.3 Å². The van der Waals surface area contributed by atoms with Crippen molar-refractivity contribution in [2.75, 3.05) is 23.9 Å². The number of fused-ring (bicyclic) bond motifs is 1. The molecule has 2 saturated heterocycles. The van der Waals surface area contributed by atoms with Crippen molar-refractivity contribution in [1.82, 2.24) is 21.3 Å². The third-order valence-corrected chi connectivity index (χ3v) is 11.3. The van der Waals surface area contributed by atoms with Gasteiger partial charge in [0, 0.05) is 41.5 Å². The first-order chi connectivity index (χ1) is 22.6. The van der Waals surface area contributed by atoms with E-state index < -0.39 is 34.8 Å². The molecule has 4 unspecified atom stereocenters. The summed E-state index contributed by atoms with van der Waals surface area (Å²) in [5.74, 6) is -2.50. The van der Waals surface area contributed by atoms with E-state index in [1.807, 2.05) is 29.3 Å². The first kappa shape index (κ1) is 32.9. The normalized spacial score (nSPS) is 24.8. The maximum Gasteiger partial charge on any atom is 0.315 e. The van der Waals surface area contributed by atoms with E-state index in [1.165, 1.54) is 34.5 Å². The molecule has 5 atom stereocenters. The predicted molar refractivity (Wildman–Crippen MR) is 177 cm³/mol. The Labute approximate surface area is 278 Å². The van der Waals surface area contributed by atoms with E-state index in [0.29, 0.717) is 29.4 Å². The average Bonchev–Trinajstić information content (AvgIpc) is 3.83. The first-order valence-corrected chi connectivity index (χ1v) is 17.4. The lowest BCUT2D eigenvalue weighted by molar-refractivity contribution is -0.126. The van der Waals surface area contributed by atoms with Gasteiger partial charge in [-0.2, -0.15) is 16.9 Å². The summed E-state index contributed by atoms with van der Waals surface area (Å²) in [6, 6.07) is 12.7. The standard InChI is InChI=1S/C33H35F3N6O3S2/c1-33(31(44)38-15-14-37-27(43)7-3-2-5-26-30-23(18-47-26)39-32(45)40-30)28(25-6-4-16-46-25)29(19-8-10-20(34)11-9-19)41-42(33)24-13-12-21(35)17-22(24)36/h4,6,8-13,16-17,23,26,28,30H,2-3,5,7,14-15,18H2,1H3,(H,37,43)(H,38,44)(H2,39,40,45)/t23?,26?,28?,30-,33?/m0/s1. The fourth-order valence-electron chi connectivity index (χ4n) is 6.47. The van der Waals surface area contributed by atoms with Crippen LogP contribution in [-0.2, 0) is 9.59 Å². The predicted octanol–water partition coefficient (Wildman–Crippen LogP) is 4.89. The molecule has 4 amide bonds. The van der Waals surface area contributed by atoms with E-state index in [0.717, 1.165) is 35.6 Å². The van der Waals surface area contributed by atoms with Crippen LogP contribution in [0.4, 0.5) is 23.7 Å². The van der Waals surface area contributed by atoms with Gasteiger partial charge in [-0.3, -0.25) is 9.59 Å². The molecule has 3 aromatic rings. The van der Waals surface area contributed by atoms with Crippen LogP contribution in [-0.4, -0.2) is 65.3 Å². The zero-order chi connectivity index (χ0) is 33.1. The van der Waals surface area contributed by atoms with E-state index >= 15 is 4.39 Å². The van der Waals surface area contributed by atoms with Crippen LogP contribution in [0.25, 0.3) is 0 Å². The number of carbonyl (C=O) groups is 3. The van der Waals surface area contributed by atoms with Crippen molar-refractivity contribution in [1.29, 1.82) is 0 Å². The largest absolute Gasteiger partial charge is 0.354 e. The summed E-state index contributed by atoms with van der Waals surface area (Å²) < 4.78 is 43.0. The minimum atomic E-state index is -1.51. The number of hydrazone groups is 1. The molecule has 3 aliphatic rings. The van der Waals surface area contributed by atoms with Gasteiger partial charge in [-0.1, -0.05) is 24.6 Å². The third kappa shape index (κ3) is 6.84. The lowest BCUT2D eigenvalue weighted by Crippen LogP contribution is -2.57. The Hall–Kier alpha value is -4.04. The molecule has 0 aliphatic carbocycles. The number of benzene rings is 2. The Balaban J connectivity index is 1.10. The van der Waals surface area contributed by atoms with Gasteiger partial charge in [-0.25, -0.2) is 23.0 Å². The fraction of sp³-hybridized carbons (Fsp3) is 0.394. The van der Waals surface area contributed by atoms with Crippen LogP contribution in [0, 0.1) is 17.5 Å². The quantitative estimate of drug-likeness (QED) is 0.160. The number of nitrogens with zero attached hydrogens (tertiary/aromatic N) is 2. The van der Waals surface area contributed by atoms with Gasteiger partial charge in [0.25, 0.3) is 0 Å². The molecule has 14 heteroatoms. The third-order valence-electron chi connectivity index (χ3n) is 8.86. The van der Waals surface area contributed by atoms with Crippen molar-refractivity contribution in [2.24, 2.45) is 5.10 Å². The number of amides is 4. The Morgan fingerprint density at radius 1 is 1.02 bits per heavy atom. The van der Waals surface area contributed by atoms with E-state index in [2.05, 4.69) is 21.3 Å². The summed E-state index contributed by atoms with van der Waals surface area (Å²) in [6.45, 7) is 1.93. The minimum Gasteiger partial charge on any atom is -0.354 e. The molecule has 0 bridgehead atoms. The van der Waals surface area contributed by atoms with Crippen molar-refractivity contribution >= 4 is 52.3 Å². The SMILES string of the molecule is CC1(C(=O)NCCNC(=O)CCCCC2SCC3NC(=O)N[C@@H]32)C(c2cccs2)C(c2ccc(F)cc2)=NN1c1ccc(F)cc1F. The second-order valence-corrected chi connectivity index (χ2v) is 14.2.